The number of halogens is 1. The van der Waals surface area contributed by atoms with Gasteiger partial charge in [0.2, 0.25) is 0 Å². The molecule has 1 aromatic heterocycles. The molecule has 3 nitrogen and oxygen atoms in total. The third kappa shape index (κ3) is 2.58. The van der Waals surface area contributed by atoms with Gasteiger partial charge in [-0.1, -0.05) is 0 Å². The lowest BCUT2D eigenvalue weighted by atomic mass is 9.95. The normalized spacial score (nSPS) is 18.6. The molecule has 4 heteroatoms. The highest BCUT2D eigenvalue weighted by Gasteiger charge is 2.12. The Morgan fingerprint density at radius 2 is 2.29 bits per heavy atom. The summed E-state index contributed by atoms with van der Waals surface area (Å²) in [7, 11) is 0. The standard InChI is InChI=1S/C10H16BrN3/c11-10-13-6-8-14(10)7-3-9-1-4-12-5-2-9/h6,8-9,12H,1-5,7H2. The van der Waals surface area contributed by atoms with Gasteiger partial charge in [0.15, 0.2) is 4.73 Å². The maximum atomic E-state index is 4.15. The molecule has 0 radical (unpaired) electrons. The first-order chi connectivity index (χ1) is 6.86. The number of nitrogens with one attached hydrogen (secondary N) is 1. The summed E-state index contributed by atoms with van der Waals surface area (Å²) in [6, 6.07) is 0. The lowest BCUT2D eigenvalue weighted by molar-refractivity contribution is 0.337. The summed E-state index contributed by atoms with van der Waals surface area (Å²) >= 11 is 3.43. The van der Waals surface area contributed by atoms with E-state index in [1.165, 1.54) is 32.4 Å². The number of hydrogen-bond acceptors (Lipinski definition) is 2. The second-order valence-corrected chi connectivity index (χ2v) is 4.58. The van der Waals surface area contributed by atoms with Gasteiger partial charge in [0, 0.05) is 18.9 Å². The van der Waals surface area contributed by atoms with Crippen LogP contribution in [0.25, 0.3) is 0 Å². The van der Waals surface area contributed by atoms with Crippen molar-refractivity contribution in [3.8, 4) is 0 Å². The van der Waals surface area contributed by atoms with Gasteiger partial charge >= 0.3 is 0 Å². The molecule has 2 heterocycles. The summed E-state index contributed by atoms with van der Waals surface area (Å²) in [5.41, 5.74) is 0. The van der Waals surface area contributed by atoms with Gasteiger partial charge in [-0.2, -0.15) is 0 Å². The fourth-order valence-electron chi connectivity index (χ4n) is 1.97. The van der Waals surface area contributed by atoms with Crippen LogP contribution in [0.5, 0.6) is 0 Å². The van der Waals surface area contributed by atoms with Crippen LogP contribution < -0.4 is 5.32 Å². The molecule has 0 bridgehead atoms. The van der Waals surface area contributed by atoms with Crippen LogP contribution in [0.4, 0.5) is 0 Å². The van der Waals surface area contributed by atoms with Crippen molar-refractivity contribution in [1.82, 2.24) is 14.9 Å². The van der Waals surface area contributed by atoms with E-state index in [0.29, 0.717) is 0 Å². The molecular formula is C10H16BrN3. The Kier molecular flexibility index (Phi) is 3.59. The Hall–Kier alpha value is -0.350. The monoisotopic (exact) mass is 257 g/mol. The van der Waals surface area contributed by atoms with Crippen molar-refractivity contribution in [2.45, 2.75) is 25.8 Å². The van der Waals surface area contributed by atoms with Gasteiger partial charge in [0.1, 0.15) is 0 Å². The van der Waals surface area contributed by atoms with Crippen molar-refractivity contribution in [1.29, 1.82) is 0 Å². The summed E-state index contributed by atoms with van der Waals surface area (Å²) in [6.07, 6.45) is 7.80. The van der Waals surface area contributed by atoms with Crippen LogP contribution in [-0.2, 0) is 6.54 Å². The highest BCUT2D eigenvalue weighted by Crippen LogP contribution is 2.18. The van der Waals surface area contributed by atoms with Crippen molar-refractivity contribution in [3.63, 3.8) is 0 Å². The summed E-state index contributed by atoms with van der Waals surface area (Å²) in [5, 5.41) is 3.39. The molecule has 78 valence electrons. The molecule has 1 aliphatic rings. The first kappa shape index (κ1) is 10.2. The lowest BCUT2D eigenvalue weighted by Gasteiger charge is -2.22. The molecule has 0 amide bonds. The number of rotatable bonds is 3. The minimum atomic E-state index is 0.894. The molecule has 0 unspecified atom stereocenters. The molecule has 1 fully saturated rings. The topological polar surface area (TPSA) is 29.9 Å². The van der Waals surface area contributed by atoms with Crippen molar-refractivity contribution < 1.29 is 0 Å². The van der Waals surface area contributed by atoms with Crippen LogP contribution in [0.1, 0.15) is 19.3 Å². The van der Waals surface area contributed by atoms with Gasteiger partial charge in [-0.05, 0) is 54.2 Å². The Labute approximate surface area is 93.0 Å². The molecule has 0 saturated carbocycles. The molecule has 2 rings (SSSR count). The summed E-state index contributed by atoms with van der Waals surface area (Å²) < 4.78 is 3.12. The van der Waals surface area contributed by atoms with Crippen molar-refractivity contribution in [2.75, 3.05) is 13.1 Å². The predicted octanol–water partition coefficient (Wildman–Crippen LogP) is 2.04. The zero-order valence-electron chi connectivity index (χ0n) is 8.25. The largest absolute Gasteiger partial charge is 0.326 e. The van der Waals surface area contributed by atoms with Crippen molar-refractivity contribution >= 4 is 15.9 Å². The predicted molar refractivity (Wildman–Crippen MR) is 60.1 cm³/mol. The van der Waals surface area contributed by atoms with Gasteiger partial charge in [-0.25, -0.2) is 4.98 Å². The smallest absolute Gasteiger partial charge is 0.177 e. The van der Waals surface area contributed by atoms with Crippen LogP contribution in [0, 0.1) is 5.92 Å². The molecule has 1 saturated heterocycles. The average molecular weight is 258 g/mol. The lowest BCUT2D eigenvalue weighted by Crippen LogP contribution is -2.28. The van der Waals surface area contributed by atoms with Gasteiger partial charge < -0.3 is 9.88 Å². The Morgan fingerprint density at radius 1 is 1.50 bits per heavy atom. The molecule has 1 N–H and O–H groups in total. The minimum Gasteiger partial charge on any atom is -0.326 e. The average Bonchev–Trinajstić information content (AvgIpc) is 2.63. The van der Waals surface area contributed by atoms with Gasteiger partial charge in [-0.15, -0.1) is 0 Å². The van der Waals surface area contributed by atoms with Crippen molar-refractivity contribution in [2.24, 2.45) is 5.92 Å². The highest BCUT2D eigenvalue weighted by atomic mass is 79.9. The maximum absolute atomic E-state index is 4.15. The van der Waals surface area contributed by atoms with E-state index < -0.39 is 0 Å². The number of hydrogen-bond donors (Lipinski definition) is 1. The van der Waals surface area contributed by atoms with Crippen LogP contribution in [-0.4, -0.2) is 22.6 Å². The molecule has 1 aromatic rings. The van der Waals surface area contributed by atoms with E-state index >= 15 is 0 Å². The third-order valence-electron chi connectivity index (χ3n) is 2.90. The molecule has 14 heavy (non-hydrogen) atoms. The number of imidazole rings is 1. The van der Waals surface area contributed by atoms with E-state index in [0.717, 1.165) is 17.2 Å². The summed E-state index contributed by atoms with van der Waals surface area (Å²) in [5.74, 6) is 0.894. The van der Waals surface area contributed by atoms with Gasteiger partial charge in [-0.3, -0.25) is 0 Å². The van der Waals surface area contributed by atoms with Crippen LogP contribution in [0.2, 0.25) is 0 Å². The molecule has 1 aliphatic heterocycles. The molecular weight excluding hydrogens is 242 g/mol. The van der Waals surface area contributed by atoms with Gasteiger partial charge in [0.25, 0.3) is 0 Å². The van der Waals surface area contributed by atoms with E-state index in [4.69, 9.17) is 0 Å². The minimum absolute atomic E-state index is 0.894. The van der Waals surface area contributed by atoms with Crippen molar-refractivity contribution in [3.05, 3.63) is 17.1 Å². The number of aromatic nitrogens is 2. The van der Waals surface area contributed by atoms with E-state index in [2.05, 4.69) is 30.8 Å². The zero-order chi connectivity index (χ0) is 9.80. The van der Waals surface area contributed by atoms with E-state index in [-0.39, 0.29) is 0 Å². The SMILES string of the molecule is Brc1nccn1CCC1CCNCC1. The quantitative estimate of drug-likeness (QED) is 0.899. The Morgan fingerprint density at radius 3 is 2.93 bits per heavy atom. The van der Waals surface area contributed by atoms with Crippen LogP contribution >= 0.6 is 15.9 Å². The fourth-order valence-corrected chi connectivity index (χ4v) is 2.38. The second-order valence-electron chi connectivity index (χ2n) is 3.87. The zero-order valence-corrected chi connectivity index (χ0v) is 9.83. The fraction of sp³-hybridized carbons (Fsp3) is 0.700. The first-order valence-corrected chi connectivity index (χ1v) is 6.03. The summed E-state index contributed by atoms with van der Waals surface area (Å²) in [6.45, 7) is 3.47. The number of aryl methyl sites for hydroxylation is 1. The Bertz CT molecular complexity index is 279. The van der Waals surface area contributed by atoms with Gasteiger partial charge in [0.05, 0.1) is 0 Å². The van der Waals surface area contributed by atoms with Crippen LogP contribution in [0.15, 0.2) is 17.1 Å². The molecule has 0 aromatic carbocycles. The van der Waals surface area contributed by atoms with E-state index in [1.54, 1.807) is 0 Å². The van der Waals surface area contributed by atoms with E-state index in [1.807, 2.05) is 12.4 Å². The number of piperidine rings is 1. The first-order valence-electron chi connectivity index (χ1n) is 5.23. The third-order valence-corrected chi connectivity index (χ3v) is 3.56. The molecule has 0 atom stereocenters. The Balaban J connectivity index is 1.79. The number of nitrogens with zero attached hydrogens (tertiary/aromatic N) is 2. The maximum Gasteiger partial charge on any atom is 0.177 e. The summed E-state index contributed by atoms with van der Waals surface area (Å²) in [4.78, 5) is 4.15. The molecule has 0 aliphatic carbocycles. The second kappa shape index (κ2) is 4.94. The van der Waals surface area contributed by atoms with Crippen LogP contribution in [0.3, 0.4) is 0 Å². The highest BCUT2D eigenvalue weighted by molar-refractivity contribution is 9.10. The molecule has 0 spiro atoms. The van der Waals surface area contributed by atoms with E-state index in [9.17, 15) is 0 Å².